The summed E-state index contributed by atoms with van der Waals surface area (Å²) in [5.41, 5.74) is 2.41. The molecule has 0 aromatic rings. The van der Waals surface area contributed by atoms with Gasteiger partial charge in [0.25, 0.3) is 0 Å². The minimum Gasteiger partial charge on any atom is -0.274 e. The van der Waals surface area contributed by atoms with Gasteiger partial charge < -0.3 is 0 Å². The Morgan fingerprint density at radius 2 is 2.40 bits per heavy atom. The Balaban J connectivity index is 1.89. The number of carbonyl (C=O) groups excluding carboxylic acids is 1. The van der Waals surface area contributed by atoms with Gasteiger partial charge in [-0.2, -0.15) is 0 Å². The van der Waals surface area contributed by atoms with Crippen LogP contribution in [0.25, 0.3) is 0 Å². The SMILES string of the molecule is CCONC(=O)CCCCC1CCSS1. The fourth-order valence-electron chi connectivity index (χ4n) is 1.43. The number of hydroxylamine groups is 1. The molecule has 1 aliphatic heterocycles. The van der Waals surface area contributed by atoms with Gasteiger partial charge >= 0.3 is 0 Å². The van der Waals surface area contributed by atoms with E-state index in [1.54, 1.807) is 0 Å². The first-order chi connectivity index (χ1) is 7.33. The third-order valence-electron chi connectivity index (χ3n) is 2.24. The van der Waals surface area contributed by atoms with Crippen LogP contribution in [0.5, 0.6) is 0 Å². The van der Waals surface area contributed by atoms with Crippen LogP contribution >= 0.6 is 21.6 Å². The number of unbranched alkanes of at least 4 members (excludes halogenated alkanes) is 1. The van der Waals surface area contributed by atoms with Crippen molar-refractivity contribution < 1.29 is 9.63 Å². The molecule has 0 radical (unpaired) electrons. The maximum Gasteiger partial charge on any atom is 0.243 e. The predicted octanol–water partition coefficient (Wildman–Crippen LogP) is 2.77. The topological polar surface area (TPSA) is 38.3 Å². The summed E-state index contributed by atoms with van der Waals surface area (Å²) in [6.45, 7) is 2.39. The van der Waals surface area contributed by atoms with Crippen molar-refractivity contribution in [3.8, 4) is 0 Å². The van der Waals surface area contributed by atoms with E-state index in [0.717, 1.165) is 18.1 Å². The summed E-state index contributed by atoms with van der Waals surface area (Å²) in [4.78, 5) is 16.0. The average Bonchev–Trinajstić information content (AvgIpc) is 2.74. The van der Waals surface area contributed by atoms with Crippen LogP contribution in [0.2, 0.25) is 0 Å². The second-order valence-corrected chi connectivity index (χ2v) is 6.32. The Morgan fingerprint density at radius 3 is 3.07 bits per heavy atom. The van der Waals surface area contributed by atoms with Crippen molar-refractivity contribution in [2.45, 2.75) is 44.3 Å². The molecule has 0 aliphatic carbocycles. The average molecular weight is 249 g/mol. The van der Waals surface area contributed by atoms with E-state index in [4.69, 9.17) is 4.84 Å². The third kappa shape index (κ3) is 6.33. The Morgan fingerprint density at radius 1 is 1.53 bits per heavy atom. The van der Waals surface area contributed by atoms with Gasteiger partial charge in [0.1, 0.15) is 0 Å². The van der Waals surface area contributed by atoms with Crippen molar-refractivity contribution in [3.63, 3.8) is 0 Å². The van der Waals surface area contributed by atoms with Gasteiger partial charge in [-0.3, -0.25) is 9.63 Å². The summed E-state index contributed by atoms with van der Waals surface area (Å²) in [7, 11) is 3.98. The number of hydrogen-bond acceptors (Lipinski definition) is 4. The maximum atomic E-state index is 11.2. The molecule has 0 spiro atoms. The molecule has 3 nitrogen and oxygen atoms in total. The molecule has 0 saturated carbocycles. The molecule has 1 amide bonds. The smallest absolute Gasteiger partial charge is 0.243 e. The van der Waals surface area contributed by atoms with Crippen LogP contribution in [0.3, 0.4) is 0 Å². The molecule has 0 aromatic heterocycles. The van der Waals surface area contributed by atoms with Crippen molar-refractivity contribution in [1.82, 2.24) is 5.48 Å². The largest absolute Gasteiger partial charge is 0.274 e. The Bertz CT molecular complexity index is 184. The molecule has 15 heavy (non-hydrogen) atoms. The number of nitrogens with one attached hydrogen (secondary N) is 1. The van der Waals surface area contributed by atoms with Gasteiger partial charge in [0.15, 0.2) is 0 Å². The van der Waals surface area contributed by atoms with Crippen LogP contribution in [0.15, 0.2) is 0 Å². The zero-order valence-electron chi connectivity index (χ0n) is 9.16. The Labute approximate surface area is 99.4 Å². The predicted molar refractivity (Wildman–Crippen MR) is 66.7 cm³/mol. The first-order valence-electron chi connectivity index (χ1n) is 5.52. The maximum absolute atomic E-state index is 11.2. The summed E-state index contributed by atoms with van der Waals surface area (Å²) in [6, 6.07) is 0. The highest BCUT2D eigenvalue weighted by Crippen LogP contribution is 2.39. The van der Waals surface area contributed by atoms with E-state index < -0.39 is 0 Å². The van der Waals surface area contributed by atoms with Crippen molar-refractivity contribution in [3.05, 3.63) is 0 Å². The second kappa shape index (κ2) is 8.30. The summed E-state index contributed by atoms with van der Waals surface area (Å²) in [5.74, 6) is 1.30. The van der Waals surface area contributed by atoms with Gasteiger partial charge in [0, 0.05) is 17.4 Å². The lowest BCUT2D eigenvalue weighted by Gasteiger charge is -2.06. The first kappa shape index (κ1) is 13.2. The van der Waals surface area contributed by atoms with Crippen LogP contribution in [0, 0.1) is 0 Å². The molecular weight excluding hydrogens is 230 g/mol. The molecule has 1 N–H and O–H groups in total. The third-order valence-corrected chi connectivity index (χ3v) is 5.24. The molecule has 1 fully saturated rings. The number of rotatable bonds is 7. The molecule has 1 rings (SSSR count). The van der Waals surface area contributed by atoms with E-state index in [9.17, 15) is 4.79 Å². The molecule has 1 unspecified atom stereocenters. The van der Waals surface area contributed by atoms with Crippen molar-refractivity contribution >= 4 is 27.5 Å². The standard InChI is InChI=1S/C10H19NO2S2/c1-2-13-11-10(12)6-4-3-5-9-7-8-14-15-9/h9H,2-8H2,1H3,(H,11,12). The van der Waals surface area contributed by atoms with E-state index in [0.29, 0.717) is 13.0 Å². The summed E-state index contributed by atoms with van der Waals surface area (Å²) < 4.78 is 0. The lowest BCUT2D eigenvalue weighted by Crippen LogP contribution is -2.23. The van der Waals surface area contributed by atoms with Crippen molar-refractivity contribution in [1.29, 1.82) is 0 Å². The van der Waals surface area contributed by atoms with E-state index >= 15 is 0 Å². The molecule has 1 saturated heterocycles. The quantitative estimate of drug-likeness (QED) is 0.428. The van der Waals surface area contributed by atoms with Crippen LogP contribution in [-0.2, 0) is 9.63 Å². The highest BCUT2D eigenvalue weighted by atomic mass is 33.1. The summed E-state index contributed by atoms with van der Waals surface area (Å²) in [5, 5.41) is 0.824. The molecule has 0 aromatic carbocycles. The lowest BCUT2D eigenvalue weighted by atomic mass is 10.1. The monoisotopic (exact) mass is 249 g/mol. The minimum absolute atomic E-state index is 0.00491. The molecule has 5 heteroatoms. The van der Waals surface area contributed by atoms with Gasteiger partial charge in [0.2, 0.25) is 5.91 Å². The van der Waals surface area contributed by atoms with E-state index in [2.05, 4.69) is 5.48 Å². The van der Waals surface area contributed by atoms with Crippen molar-refractivity contribution in [2.24, 2.45) is 0 Å². The molecular formula is C10H19NO2S2. The van der Waals surface area contributed by atoms with E-state index in [-0.39, 0.29) is 5.91 Å². The van der Waals surface area contributed by atoms with Gasteiger partial charge in [-0.15, -0.1) is 0 Å². The van der Waals surface area contributed by atoms with Gasteiger partial charge in [0.05, 0.1) is 6.61 Å². The van der Waals surface area contributed by atoms with Crippen LogP contribution in [0.4, 0.5) is 0 Å². The molecule has 88 valence electrons. The number of carbonyl (C=O) groups is 1. The van der Waals surface area contributed by atoms with Crippen molar-refractivity contribution in [2.75, 3.05) is 12.4 Å². The Hall–Kier alpha value is 0.130. The first-order valence-corrected chi connectivity index (χ1v) is 7.90. The molecule has 1 aliphatic rings. The number of hydrogen-bond donors (Lipinski definition) is 1. The van der Waals surface area contributed by atoms with Crippen LogP contribution in [0.1, 0.15) is 39.0 Å². The van der Waals surface area contributed by atoms with Gasteiger partial charge in [-0.25, -0.2) is 5.48 Å². The van der Waals surface area contributed by atoms with Crippen LogP contribution in [-0.4, -0.2) is 23.5 Å². The van der Waals surface area contributed by atoms with Gasteiger partial charge in [-0.05, 0) is 26.2 Å². The molecule has 1 heterocycles. The zero-order chi connectivity index (χ0) is 10.9. The fraction of sp³-hybridized carbons (Fsp3) is 0.900. The minimum atomic E-state index is 0.00491. The zero-order valence-corrected chi connectivity index (χ0v) is 10.8. The lowest BCUT2D eigenvalue weighted by molar-refractivity contribution is -0.133. The highest BCUT2D eigenvalue weighted by molar-refractivity contribution is 8.77. The normalized spacial score (nSPS) is 20.5. The Kier molecular flexibility index (Phi) is 7.30. The molecule has 0 bridgehead atoms. The summed E-state index contributed by atoms with van der Waals surface area (Å²) >= 11 is 0. The fourth-order valence-corrected chi connectivity index (χ4v) is 4.45. The van der Waals surface area contributed by atoms with Gasteiger partial charge in [-0.1, -0.05) is 28.0 Å². The van der Waals surface area contributed by atoms with E-state index in [1.807, 2.05) is 28.5 Å². The summed E-state index contributed by atoms with van der Waals surface area (Å²) in [6.07, 6.45) is 5.29. The second-order valence-electron chi connectivity index (χ2n) is 3.53. The number of amides is 1. The highest BCUT2D eigenvalue weighted by Gasteiger charge is 2.15. The van der Waals surface area contributed by atoms with E-state index in [1.165, 1.54) is 18.6 Å². The molecule has 1 atom stereocenters. The van der Waals surface area contributed by atoms with Crippen LogP contribution < -0.4 is 5.48 Å².